The molecule has 0 saturated heterocycles. The molecule has 5 aliphatic rings. The molecule has 0 saturated carbocycles. The average molecular weight is 757 g/mol. The summed E-state index contributed by atoms with van der Waals surface area (Å²) in [4.78, 5) is 0. The van der Waals surface area contributed by atoms with E-state index in [2.05, 4.69) is 50.2 Å². The summed E-state index contributed by atoms with van der Waals surface area (Å²) in [6.07, 6.45) is 18.5. The topological polar surface area (TPSA) is 55.4 Å². The lowest BCUT2D eigenvalue weighted by atomic mass is 9.78. The first kappa shape index (κ1) is 37.6. The van der Waals surface area contributed by atoms with Crippen molar-refractivity contribution < 1.29 is 28.4 Å². The maximum Gasteiger partial charge on any atom is 0.130 e. The van der Waals surface area contributed by atoms with Gasteiger partial charge in [0.25, 0.3) is 0 Å². The standard InChI is InChI=1S/C50H60O6/c1-33-31-37-13-5-9-17-41(37)47-48-42-18-10-6-14-38(42)32-34(2)50(48)56-30-26-52-24-28-54-44-22-20-36-12-4-8-16-40(36)46(44)45-39-15-7-3-11-35(39)19-21-43(45)53-27-23-51-25-29-55-49(33)47/h19-22,31-32H,3-18,23-30H2,1-2H3. The highest BCUT2D eigenvalue weighted by Crippen LogP contribution is 2.50. The van der Waals surface area contributed by atoms with E-state index < -0.39 is 0 Å². The monoisotopic (exact) mass is 756 g/mol. The van der Waals surface area contributed by atoms with Crippen molar-refractivity contribution >= 4 is 0 Å². The Balaban J connectivity index is 1.06. The second kappa shape index (κ2) is 17.2. The van der Waals surface area contributed by atoms with Gasteiger partial charge in [-0.25, -0.2) is 0 Å². The predicted molar refractivity (Wildman–Crippen MR) is 223 cm³/mol. The van der Waals surface area contributed by atoms with Crippen molar-refractivity contribution in [3.8, 4) is 45.3 Å². The Bertz CT molecular complexity index is 1920. The zero-order valence-corrected chi connectivity index (χ0v) is 33.9. The van der Waals surface area contributed by atoms with Crippen LogP contribution in [-0.2, 0) is 60.8 Å². The predicted octanol–water partition coefficient (Wildman–Crippen LogP) is 10.4. The molecule has 4 aliphatic carbocycles. The molecule has 0 amide bonds. The molecular formula is C50H60O6. The molecule has 0 bridgehead atoms. The summed E-state index contributed by atoms with van der Waals surface area (Å²) in [6, 6.07) is 13.8. The fourth-order valence-electron chi connectivity index (χ4n) is 10.4. The summed E-state index contributed by atoms with van der Waals surface area (Å²) in [7, 11) is 0. The number of benzene rings is 4. The normalized spacial score (nSPS) is 19.0. The van der Waals surface area contributed by atoms with Crippen molar-refractivity contribution in [1.82, 2.24) is 0 Å². The van der Waals surface area contributed by atoms with Crippen molar-refractivity contribution in [3.63, 3.8) is 0 Å². The minimum absolute atomic E-state index is 0.476. The van der Waals surface area contributed by atoms with Crippen LogP contribution in [0.2, 0.25) is 0 Å². The number of aryl methyl sites for hydroxylation is 6. The van der Waals surface area contributed by atoms with Crippen molar-refractivity contribution in [1.29, 1.82) is 0 Å². The second-order valence-corrected chi connectivity index (χ2v) is 16.7. The lowest BCUT2D eigenvalue weighted by molar-refractivity contribution is 0.0756. The molecule has 6 heteroatoms. The average Bonchev–Trinajstić information content (AvgIpc) is 3.22. The largest absolute Gasteiger partial charge is 0.491 e. The molecule has 0 aromatic heterocycles. The Kier molecular flexibility index (Phi) is 11.6. The summed E-state index contributed by atoms with van der Waals surface area (Å²) >= 11 is 0. The first-order valence-electron chi connectivity index (χ1n) is 21.9. The molecule has 6 nitrogen and oxygen atoms in total. The van der Waals surface area contributed by atoms with Gasteiger partial charge in [0, 0.05) is 22.3 Å². The smallest absolute Gasteiger partial charge is 0.130 e. The van der Waals surface area contributed by atoms with Crippen molar-refractivity contribution in [2.24, 2.45) is 0 Å². The molecule has 0 unspecified atom stereocenters. The molecule has 0 radical (unpaired) electrons. The van der Waals surface area contributed by atoms with Gasteiger partial charge in [0.2, 0.25) is 0 Å². The van der Waals surface area contributed by atoms with E-state index in [4.69, 9.17) is 28.4 Å². The molecular weight excluding hydrogens is 697 g/mol. The van der Waals surface area contributed by atoms with Crippen molar-refractivity contribution in [3.05, 3.63) is 92.0 Å². The van der Waals surface area contributed by atoms with E-state index in [0.29, 0.717) is 52.9 Å². The van der Waals surface area contributed by atoms with E-state index in [1.165, 1.54) is 129 Å². The molecule has 9 rings (SSSR count). The van der Waals surface area contributed by atoms with Crippen LogP contribution in [0.25, 0.3) is 22.3 Å². The third-order valence-corrected chi connectivity index (χ3v) is 13.0. The van der Waals surface area contributed by atoms with Gasteiger partial charge < -0.3 is 28.4 Å². The Hall–Kier alpha value is -4.00. The van der Waals surface area contributed by atoms with Crippen LogP contribution in [0.1, 0.15) is 107 Å². The molecule has 1 heterocycles. The van der Waals surface area contributed by atoms with E-state index >= 15 is 0 Å². The molecule has 56 heavy (non-hydrogen) atoms. The summed E-state index contributed by atoms with van der Waals surface area (Å²) in [5, 5.41) is 0. The fourth-order valence-corrected chi connectivity index (χ4v) is 10.4. The van der Waals surface area contributed by atoms with Crippen molar-refractivity contribution in [2.45, 2.75) is 117 Å². The summed E-state index contributed by atoms with van der Waals surface area (Å²) < 4.78 is 39.6. The zero-order valence-electron chi connectivity index (χ0n) is 33.9. The third kappa shape index (κ3) is 7.56. The van der Waals surface area contributed by atoms with Crippen LogP contribution < -0.4 is 18.9 Å². The first-order valence-corrected chi connectivity index (χ1v) is 21.9. The Morgan fingerprint density at radius 1 is 0.339 bits per heavy atom. The number of hydrogen-bond donors (Lipinski definition) is 0. The summed E-state index contributed by atoms with van der Waals surface area (Å²) in [6.45, 7) is 8.32. The van der Waals surface area contributed by atoms with E-state index in [0.717, 1.165) is 74.4 Å². The lowest BCUT2D eigenvalue weighted by Gasteiger charge is -2.30. The molecule has 0 N–H and O–H groups in total. The van der Waals surface area contributed by atoms with Crippen LogP contribution in [0, 0.1) is 13.8 Å². The van der Waals surface area contributed by atoms with Gasteiger partial charge >= 0.3 is 0 Å². The number of ether oxygens (including phenoxy) is 6. The number of rotatable bonds is 0. The zero-order chi connectivity index (χ0) is 37.8. The van der Waals surface area contributed by atoms with E-state index in [1.54, 1.807) is 0 Å². The molecule has 296 valence electrons. The Morgan fingerprint density at radius 3 is 1.09 bits per heavy atom. The van der Waals surface area contributed by atoms with E-state index in [9.17, 15) is 0 Å². The molecule has 4 aromatic carbocycles. The highest BCUT2D eigenvalue weighted by atomic mass is 16.6. The van der Waals surface area contributed by atoms with Gasteiger partial charge in [-0.15, -0.1) is 0 Å². The highest BCUT2D eigenvalue weighted by molar-refractivity contribution is 5.86. The van der Waals surface area contributed by atoms with E-state index in [1.807, 2.05) is 0 Å². The van der Waals surface area contributed by atoms with Gasteiger partial charge in [-0.1, -0.05) is 24.3 Å². The molecule has 1 aliphatic heterocycles. The summed E-state index contributed by atoms with van der Waals surface area (Å²) in [5.74, 6) is 3.86. The lowest BCUT2D eigenvalue weighted by Crippen LogP contribution is -2.17. The Morgan fingerprint density at radius 2 is 0.679 bits per heavy atom. The second-order valence-electron chi connectivity index (χ2n) is 16.7. The van der Waals surface area contributed by atoms with Crippen LogP contribution in [0.5, 0.6) is 23.0 Å². The van der Waals surface area contributed by atoms with Gasteiger partial charge in [0.1, 0.15) is 49.4 Å². The molecule has 0 spiro atoms. The number of fused-ring (bicyclic) bond motifs is 14. The van der Waals surface area contributed by atoms with Crippen LogP contribution in [0.15, 0.2) is 36.4 Å². The van der Waals surface area contributed by atoms with E-state index in [-0.39, 0.29) is 0 Å². The first-order chi connectivity index (χ1) is 27.7. The maximum atomic E-state index is 6.84. The Labute approximate surface area is 334 Å². The fraction of sp³-hybridized carbons (Fsp3) is 0.520. The number of hydrogen-bond acceptors (Lipinski definition) is 6. The van der Waals surface area contributed by atoms with Crippen LogP contribution in [-0.4, -0.2) is 52.9 Å². The van der Waals surface area contributed by atoms with Gasteiger partial charge in [-0.05, 0) is 184 Å². The maximum absolute atomic E-state index is 6.84. The van der Waals surface area contributed by atoms with Gasteiger partial charge in [-0.3, -0.25) is 0 Å². The van der Waals surface area contributed by atoms with Gasteiger partial charge in [0.15, 0.2) is 0 Å². The highest BCUT2D eigenvalue weighted by Gasteiger charge is 2.30. The van der Waals surface area contributed by atoms with Gasteiger partial charge in [-0.2, -0.15) is 0 Å². The molecule has 0 fully saturated rings. The van der Waals surface area contributed by atoms with Crippen LogP contribution >= 0.6 is 0 Å². The third-order valence-electron chi connectivity index (χ3n) is 13.0. The van der Waals surface area contributed by atoms with Crippen LogP contribution in [0.3, 0.4) is 0 Å². The molecule has 0 atom stereocenters. The minimum atomic E-state index is 0.476. The minimum Gasteiger partial charge on any atom is -0.491 e. The van der Waals surface area contributed by atoms with Crippen molar-refractivity contribution in [2.75, 3.05) is 52.9 Å². The SMILES string of the molecule is Cc1cc2c(c3c1OCCOCCOc1ccc4c(c1-c1c(ccc5c1CCCC5)OCCOCCOc1c(C)cc5c(c1-3)CCCC5)CCCC4)CCCC2. The quantitative estimate of drug-likeness (QED) is 0.178. The molecule has 4 aromatic rings. The van der Waals surface area contributed by atoms with Gasteiger partial charge in [0.05, 0.1) is 26.4 Å². The summed E-state index contributed by atoms with van der Waals surface area (Å²) in [5.41, 5.74) is 19.0. The van der Waals surface area contributed by atoms with Crippen LogP contribution in [0.4, 0.5) is 0 Å².